The zero-order valence-corrected chi connectivity index (χ0v) is 8.10. The van der Waals surface area contributed by atoms with Crippen LogP contribution in [0.15, 0.2) is 0 Å². The number of hydrogen-bond donors (Lipinski definition) is 1. The zero-order valence-electron chi connectivity index (χ0n) is 8.10. The summed E-state index contributed by atoms with van der Waals surface area (Å²) in [5.41, 5.74) is 0. The summed E-state index contributed by atoms with van der Waals surface area (Å²) in [6.45, 7) is 6.28. The Kier molecular flexibility index (Phi) is 3.73. The second kappa shape index (κ2) is 4.61. The van der Waals surface area contributed by atoms with E-state index in [0.717, 1.165) is 32.4 Å². The summed E-state index contributed by atoms with van der Waals surface area (Å²) in [5.74, 6) is 1.37. The first-order valence-electron chi connectivity index (χ1n) is 4.99. The molecule has 1 aliphatic rings. The van der Waals surface area contributed by atoms with E-state index in [1.54, 1.807) is 0 Å². The van der Waals surface area contributed by atoms with Gasteiger partial charge in [-0.1, -0.05) is 20.3 Å². The monoisotopic (exact) mass is 169 g/mol. The van der Waals surface area contributed by atoms with Crippen LogP contribution in [0.3, 0.4) is 0 Å². The number of carbonyl (C=O) groups excluding carboxylic acids is 1. The molecule has 0 radical (unpaired) electrons. The SMILES string of the molecule is CCCCC(=O)C(C)C1CNC1. The molecule has 2 heteroatoms. The third-order valence-corrected chi connectivity index (χ3v) is 2.80. The molecule has 12 heavy (non-hydrogen) atoms. The van der Waals surface area contributed by atoms with Crippen molar-refractivity contribution in [1.82, 2.24) is 5.32 Å². The van der Waals surface area contributed by atoms with Gasteiger partial charge in [0.05, 0.1) is 0 Å². The van der Waals surface area contributed by atoms with Crippen molar-refractivity contribution in [3.05, 3.63) is 0 Å². The molecule has 0 bridgehead atoms. The summed E-state index contributed by atoms with van der Waals surface area (Å²) in [6.07, 6.45) is 2.97. The van der Waals surface area contributed by atoms with Gasteiger partial charge in [-0.15, -0.1) is 0 Å². The first-order valence-corrected chi connectivity index (χ1v) is 4.99. The van der Waals surface area contributed by atoms with E-state index in [1.807, 2.05) is 0 Å². The number of ketones is 1. The quantitative estimate of drug-likeness (QED) is 0.677. The summed E-state index contributed by atoms with van der Waals surface area (Å²) in [4.78, 5) is 11.5. The minimum atomic E-state index is 0.290. The van der Waals surface area contributed by atoms with Crippen molar-refractivity contribution in [2.75, 3.05) is 13.1 Å². The Bertz CT molecular complexity index is 152. The van der Waals surface area contributed by atoms with Crippen molar-refractivity contribution in [1.29, 1.82) is 0 Å². The molecule has 0 aliphatic carbocycles. The lowest BCUT2D eigenvalue weighted by molar-refractivity contribution is -0.124. The Balaban J connectivity index is 2.20. The predicted molar refractivity (Wildman–Crippen MR) is 50.1 cm³/mol. The number of Topliss-reactive ketones (excluding diaryl/α,β-unsaturated/α-hetero) is 1. The van der Waals surface area contributed by atoms with E-state index in [0.29, 0.717) is 11.7 Å². The van der Waals surface area contributed by atoms with Crippen LogP contribution in [-0.4, -0.2) is 18.9 Å². The van der Waals surface area contributed by atoms with Gasteiger partial charge in [-0.3, -0.25) is 4.79 Å². The van der Waals surface area contributed by atoms with Crippen molar-refractivity contribution in [2.45, 2.75) is 33.1 Å². The number of rotatable bonds is 5. The highest BCUT2D eigenvalue weighted by Crippen LogP contribution is 2.18. The molecular weight excluding hydrogens is 150 g/mol. The average molecular weight is 169 g/mol. The Hall–Kier alpha value is -0.370. The Morgan fingerprint density at radius 3 is 2.67 bits per heavy atom. The molecule has 0 saturated carbocycles. The van der Waals surface area contributed by atoms with E-state index in [4.69, 9.17) is 0 Å². The molecule has 1 rings (SSSR count). The van der Waals surface area contributed by atoms with Crippen molar-refractivity contribution in [3.8, 4) is 0 Å². The van der Waals surface area contributed by atoms with Crippen LogP contribution in [-0.2, 0) is 4.79 Å². The van der Waals surface area contributed by atoms with E-state index < -0.39 is 0 Å². The lowest BCUT2D eigenvalue weighted by Crippen LogP contribution is -2.47. The maximum Gasteiger partial charge on any atom is 0.136 e. The summed E-state index contributed by atoms with van der Waals surface area (Å²) in [7, 11) is 0. The molecule has 1 aliphatic heterocycles. The zero-order chi connectivity index (χ0) is 8.97. The van der Waals surface area contributed by atoms with E-state index in [2.05, 4.69) is 19.2 Å². The molecular formula is C10H19NO. The maximum atomic E-state index is 11.5. The van der Waals surface area contributed by atoms with Crippen molar-refractivity contribution < 1.29 is 4.79 Å². The van der Waals surface area contributed by atoms with Gasteiger partial charge in [0.2, 0.25) is 0 Å². The largest absolute Gasteiger partial charge is 0.316 e. The lowest BCUT2D eigenvalue weighted by Gasteiger charge is -2.31. The van der Waals surface area contributed by atoms with Gasteiger partial charge in [-0.2, -0.15) is 0 Å². The Morgan fingerprint density at radius 2 is 2.25 bits per heavy atom. The molecule has 2 nitrogen and oxygen atoms in total. The fraction of sp³-hybridized carbons (Fsp3) is 0.900. The van der Waals surface area contributed by atoms with Crippen LogP contribution in [0, 0.1) is 11.8 Å². The molecule has 0 spiro atoms. The van der Waals surface area contributed by atoms with Gasteiger partial charge >= 0.3 is 0 Å². The molecule has 1 heterocycles. The molecule has 1 fully saturated rings. The molecule has 1 saturated heterocycles. The number of hydrogen-bond acceptors (Lipinski definition) is 2. The van der Waals surface area contributed by atoms with Gasteiger partial charge in [0.15, 0.2) is 0 Å². The van der Waals surface area contributed by atoms with E-state index >= 15 is 0 Å². The molecule has 0 aromatic heterocycles. The van der Waals surface area contributed by atoms with Crippen LogP contribution in [0.4, 0.5) is 0 Å². The number of carbonyl (C=O) groups is 1. The molecule has 0 aromatic carbocycles. The van der Waals surface area contributed by atoms with Gasteiger partial charge in [-0.25, -0.2) is 0 Å². The summed E-state index contributed by atoms with van der Waals surface area (Å²) in [6, 6.07) is 0. The molecule has 1 unspecified atom stereocenters. The second-order valence-electron chi connectivity index (χ2n) is 3.78. The third kappa shape index (κ3) is 2.31. The van der Waals surface area contributed by atoms with Crippen LogP contribution < -0.4 is 5.32 Å². The van der Waals surface area contributed by atoms with E-state index in [1.165, 1.54) is 0 Å². The average Bonchev–Trinajstić information content (AvgIpc) is 1.96. The second-order valence-corrected chi connectivity index (χ2v) is 3.78. The van der Waals surface area contributed by atoms with E-state index in [9.17, 15) is 4.79 Å². The molecule has 0 aromatic rings. The van der Waals surface area contributed by atoms with Crippen molar-refractivity contribution >= 4 is 5.78 Å². The van der Waals surface area contributed by atoms with Gasteiger partial charge in [0.1, 0.15) is 5.78 Å². The van der Waals surface area contributed by atoms with Crippen LogP contribution in [0.1, 0.15) is 33.1 Å². The molecule has 70 valence electrons. The lowest BCUT2D eigenvalue weighted by atomic mass is 9.84. The maximum absolute atomic E-state index is 11.5. The van der Waals surface area contributed by atoms with Crippen LogP contribution in [0.2, 0.25) is 0 Å². The van der Waals surface area contributed by atoms with Crippen LogP contribution >= 0.6 is 0 Å². The predicted octanol–water partition coefficient (Wildman–Crippen LogP) is 1.60. The molecule has 1 atom stereocenters. The van der Waals surface area contributed by atoms with Gasteiger partial charge in [0, 0.05) is 12.3 Å². The minimum Gasteiger partial charge on any atom is -0.316 e. The Labute approximate surface area is 74.7 Å². The van der Waals surface area contributed by atoms with Crippen molar-refractivity contribution in [3.63, 3.8) is 0 Å². The standard InChI is InChI=1S/C10H19NO/c1-3-4-5-10(12)8(2)9-6-11-7-9/h8-9,11H,3-7H2,1-2H3. The minimum absolute atomic E-state index is 0.290. The highest BCUT2D eigenvalue weighted by atomic mass is 16.1. The topological polar surface area (TPSA) is 29.1 Å². The van der Waals surface area contributed by atoms with Crippen molar-refractivity contribution in [2.24, 2.45) is 11.8 Å². The summed E-state index contributed by atoms with van der Waals surface area (Å²) in [5, 5.41) is 3.20. The van der Waals surface area contributed by atoms with Gasteiger partial charge in [-0.05, 0) is 25.4 Å². The highest BCUT2D eigenvalue weighted by molar-refractivity contribution is 5.81. The normalized spacial score (nSPS) is 20.2. The highest BCUT2D eigenvalue weighted by Gasteiger charge is 2.27. The number of nitrogens with one attached hydrogen (secondary N) is 1. The van der Waals surface area contributed by atoms with Gasteiger partial charge in [0.25, 0.3) is 0 Å². The van der Waals surface area contributed by atoms with Gasteiger partial charge < -0.3 is 5.32 Å². The Morgan fingerprint density at radius 1 is 1.58 bits per heavy atom. The first kappa shape index (κ1) is 9.72. The van der Waals surface area contributed by atoms with E-state index in [-0.39, 0.29) is 5.92 Å². The third-order valence-electron chi connectivity index (χ3n) is 2.80. The molecule has 1 N–H and O–H groups in total. The number of unbranched alkanes of at least 4 members (excludes halogenated alkanes) is 1. The van der Waals surface area contributed by atoms with Crippen LogP contribution in [0.5, 0.6) is 0 Å². The molecule has 0 amide bonds. The van der Waals surface area contributed by atoms with Crippen LogP contribution in [0.25, 0.3) is 0 Å². The summed E-state index contributed by atoms with van der Waals surface area (Å²) >= 11 is 0. The fourth-order valence-corrected chi connectivity index (χ4v) is 1.51. The fourth-order valence-electron chi connectivity index (χ4n) is 1.51. The first-order chi connectivity index (χ1) is 5.75. The summed E-state index contributed by atoms with van der Waals surface area (Å²) < 4.78 is 0. The smallest absolute Gasteiger partial charge is 0.136 e.